The number of carbonyl (C=O) groups is 1. The van der Waals surface area contributed by atoms with E-state index in [-0.39, 0.29) is 5.91 Å². The smallest absolute Gasteiger partial charge is 0.286 e. The summed E-state index contributed by atoms with van der Waals surface area (Å²) in [5.41, 5.74) is 2.05. The maximum atomic E-state index is 11.7. The molecule has 19 heavy (non-hydrogen) atoms. The van der Waals surface area contributed by atoms with Crippen molar-refractivity contribution in [2.24, 2.45) is 0 Å². The molecular weight excluding hydrogens is 242 g/mol. The molecule has 0 spiro atoms. The van der Waals surface area contributed by atoms with Crippen LogP contribution in [0.2, 0.25) is 0 Å². The van der Waals surface area contributed by atoms with Gasteiger partial charge in [0.25, 0.3) is 5.91 Å². The number of aromatic nitrogens is 2. The van der Waals surface area contributed by atoms with E-state index in [2.05, 4.69) is 10.4 Å². The first-order valence-corrected chi connectivity index (χ1v) is 6.48. The molecule has 2 aromatic heterocycles. The standard InChI is InChI=1S/C14H19N3O2/c1-4-7-15-14(18)13-6-5-12(19-13)9-17-11(3)8-10(2)16-17/h5-6,8H,4,7,9H2,1-3H3,(H,15,18). The van der Waals surface area contributed by atoms with Crippen LogP contribution >= 0.6 is 0 Å². The van der Waals surface area contributed by atoms with Gasteiger partial charge in [0, 0.05) is 12.2 Å². The van der Waals surface area contributed by atoms with Crippen molar-refractivity contribution in [2.45, 2.75) is 33.7 Å². The second kappa shape index (κ2) is 5.73. The molecule has 0 saturated carbocycles. The monoisotopic (exact) mass is 261 g/mol. The van der Waals surface area contributed by atoms with Gasteiger partial charge in [0.2, 0.25) is 0 Å². The minimum atomic E-state index is -0.165. The zero-order valence-electron chi connectivity index (χ0n) is 11.6. The Morgan fingerprint density at radius 2 is 2.21 bits per heavy atom. The average Bonchev–Trinajstić information content (AvgIpc) is 2.94. The molecule has 0 aliphatic rings. The molecule has 2 aromatic rings. The first-order valence-electron chi connectivity index (χ1n) is 6.48. The van der Waals surface area contributed by atoms with E-state index in [1.54, 1.807) is 6.07 Å². The predicted molar refractivity (Wildman–Crippen MR) is 72.1 cm³/mol. The number of aryl methyl sites for hydroxylation is 2. The Kier molecular flexibility index (Phi) is 4.04. The summed E-state index contributed by atoms with van der Waals surface area (Å²) >= 11 is 0. The molecule has 0 aliphatic heterocycles. The van der Waals surface area contributed by atoms with Crippen molar-refractivity contribution < 1.29 is 9.21 Å². The van der Waals surface area contributed by atoms with Gasteiger partial charge in [-0.05, 0) is 38.5 Å². The van der Waals surface area contributed by atoms with Crippen molar-refractivity contribution >= 4 is 5.91 Å². The van der Waals surface area contributed by atoms with E-state index in [1.807, 2.05) is 37.6 Å². The molecule has 2 rings (SSSR count). The summed E-state index contributed by atoms with van der Waals surface area (Å²) in [5.74, 6) is 0.916. The minimum absolute atomic E-state index is 0.165. The van der Waals surface area contributed by atoms with Gasteiger partial charge in [-0.3, -0.25) is 9.48 Å². The molecule has 2 heterocycles. The van der Waals surface area contributed by atoms with E-state index in [4.69, 9.17) is 4.42 Å². The number of amides is 1. The molecule has 0 aliphatic carbocycles. The summed E-state index contributed by atoms with van der Waals surface area (Å²) < 4.78 is 7.40. The summed E-state index contributed by atoms with van der Waals surface area (Å²) in [5, 5.41) is 7.15. The third-order valence-electron chi connectivity index (χ3n) is 2.83. The van der Waals surface area contributed by atoms with Crippen LogP contribution in [0.15, 0.2) is 22.6 Å². The Labute approximate surface area is 112 Å². The van der Waals surface area contributed by atoms with Crippen LogP contribution in [0.1, 0.15) is 41.0 Å². The maximum absolute atomic E-state index is 11.7. The van der Waals surface area contributed by atoms with Crippen LogP contribution in [0.5, 0.6) is 0 Å². The fourth-order valence-corrected chi connectivity index (χ4v) is 1.89. The lowest BCUT2D eigenvalue weighted by molar-refractivity contribution is 0.0924. The number of furan rings is 1. The largest absolute Gasteiger partial charge is 0.454 e. The average molecular weight is 261 g/mol. The lowest BCUT2D eigenvalue weighted by Gasteiger charge is -2.02. The SMILES string of the molecule is CCCNC(=O)c1ccc(Cn2nc(C)cc2C)o1. The summed E-state index contributed by atoms with van der Waals surface area (Å²) in [6.07, 6.45) is 0.908. The third-order valence-corrected chi connectivity index (χ3v) is 2.83. The van der Waals surface area contributed by atoms with Gasteiger partial charge in [-0.15, -0.1) is 0 Å². The van der Waals surface area contributed by atoms with Crippen LogP contribution < -0.4 is 5.32 Å². The van der Waals surface area contributed by atoms with Crippen LogP contribution in [0, 0.1) is 13.8 Å². The normalized spacial score (nSPS) is 10.7. The van der Waals surface area contributed by atoms with Crippen molar-refractivity contribution in [3.63, 3.8) is 0 Å². The van der Waals surface area contributed by atoms with Crippen molar-refractivity contribution in [3.05, 3.63) is 41.1 Å². The second-order valence-corrected chi connectivity index (χ2v) is 4.61. The third kappa shape index (κ3) is 3.24. The van der Waals surface area contributed by atoms with Crippen molar-refractivity contribution in [1.82, 2.24) is 15.1 Å². The molecule has 1 amide bonds. The summed E-state index contributed by atoms with van der Waals surface area (Å²) in [6.45, 7) is 7.16. The Morgan fingerprint density at radius 1 is 1.42 bits per heavy atom. The van der Waals surface area contributed by atoms with Crippen LogP contribution in [-0.4, -0.2) is 22.2 Å². The molecular formula is C14H19N3O2. The van der Waals surface area contributed by atoms with Crippen molar-refractivity contribution in [3.8, 4) is 0 Å². The Balaban J connectivity index is 2.05. The minimum Gasteiger partial charge on any atom is -0.454 e. The van der Waals surface area contributed by atoms with Gasteiger partial charge in [0.15, 0.2) is 5.76 Å². The van der Waals surface area contributed by atoms with Crippen molar-refractivity contribution in [2.75, 3.05) is 6.54 Å². The number of nitrogens with one attached hydrogen (secondary N) is 1. The van der Waals surface area contributed by atoms with Gasteiger partial charge in [0.05, 0.1) is 12.2 Å². The highest BCUT2D eigenvalue weighted by molar-refractivity contribution is 5.91. The highest BCUT2D eigenvalue weighted by atomic mass is 16.4. The molecule has 0 fully saturated rings. The molecule has 0 saturated heterocycles. The predicted octanol–water partition coefficient (Wildman–Crippen LogP) is 2.28. The van der Waals surface area contributed by atoms with Gasteiger partial charge < -0.3 is 9.73 Å². The van der Waals surface area contributed by atoms with Gasteiger partial charge in [-0.1, -0.05) is 6.92 Å². The molecule has 0 bridgehead atoms. The van der Waals surface area contributed by atoms with Crippen molar-refractivity contribution in [1.29, 1.82) is 0 Å². The lowest BCUT2D eigenvalue weighted by atomic mass is 10.4. The second-order valence-electron chi connectivity index (χ2n) is 4.61. The molecule has 102 valence electrons. The number of hydrogen-bond acceptors (Lipinski definition) is 3. The zero-order valence-corrected chi connectivity index (χ0v) is 11.6. The fourth-order valence-electron chi connectivity index (χ4n) is 1.89. The number of nitrogens with zero attached hydrogens (tertiary/aromatic N) is 2. The van der Waals surface area contributed by atoms with Crippen LogP contribution in [0.3, 0.4) is 0 Å². The highest BCUT2D eigenvalue weighted by Crippen LogP contribution is 2.11. The maximum Gasteiger partial charge on any atom is 0.286 e. The van der Waals surface area contributed by atoms with Crippen LogP contribution in [0.4, 0.5) is 0 Å². The molecule has 0 radical (unpaired) electrons. The number of carbonyl (C=O) groups excluding carboxylic acids is 1. The Bertz CT molecular complexity index is 569. The van der Waals surface area contributed by atoms with E-state index < -0.39 is 0 Å². The molecule has 0 atom stereocenters. The zero-order chi connectivity index (χ0) is 13.8. The number of hydrogen-bond donors (Lipinski definition) is 1. The summed E-state index contributed by atoms with van der Waals surface area (Å²) in [6, 6.07) is 5.53. The fraction of sp³-hybridized carbons (Fsp3) is 0.429. The summed E-state index contributed by atoms with van der Waals surface area (Å²) in [7, 11) is 0. The Hall–Kier alpha value is -2.04. The van der Waals surface area contributed by atoms with Gasteiger partial charge in [-0.2, -0.15) is 5.10 Å². The quantitative estimate of drug-likeness (QED) is 0.898. The molecule has 0 aromatic carbocycles. The van der Waals surface area contributed by atoms with Gasteiger partial charge in [0.1, 0.15) is 5.76 Å². The van der Waals surface area contributed by atoms with E-state index >= 15 is 0 Å². The molecule has 5 nitrogen and oxygen atoms in total. The summed E-state index contributed by atoms with van der Waals surface area (Å²) in [4.78, 5) is 11.7. The van der Waals surface area contributed by atoms with E-state index in [1.165, 1.54) is 0 Å². The number of rotatable bonds is 5. The first kappa shape index (κ1) is 13.4. The van der Waals surface area contributed by atoms with E-state index in [0.29, 0.717) is 18.8 Å². The van der Waals surface area contributed by atoms with Crippen LogP contribution in [0.25, 0.3) is 0 Å². The topological polar surface area (TPSA) is 60.1 Å². The van der Waals surface area contributed by atoms with Gasteiger partial charge in [-0.25, -0.2) is 0 Å². The van der Waals surface area contributed by atoms with E-state index in [9.17, 15) is 4.79 Å². The van der Waals surface area contributed by atoms with Gasteiger partial charge >= 0.3 is 0 Å². The molecule has 0 unspecified atom stereocenters. The Morgan fingerprint density at radius 3 is 2.84 bits per heavy atom. The molecule has 5 heteroatoms. The van der Waals surface area contributed by atoms with Crippen LogP contribution in [-0.2, 0) is 6.54 Å². The lowest BCUT2D eigenvalue weighted by Crippen LogP contribution is -2.23. The first-order chi connectivity index (χ1) is 9.10. The highest BCUT2D eigenvalue weighted by Gasteiger charge is 2.11. The molecule has 1 N–H and O–H groups in total. The van der Waals surface area contributed by atoms with E-state index in [0.717, 1.165) is 23.6 Å².